The lowest BCUT2D eigenvalue weighted by molar-refractivity contribution is 0.607. The fourth-order valence-electron chi connectivity index (χ4n) is 2.01. The van der Waals surface area contributed by atoms with Gasteiger partial charge in [-0.25, -0.2) is 13.4 Å². The molecular weight excluding hydrogens is 286 g/mol. The van der Waals surface area contributed by atoms with Gasteiger partial charge in [-0.1, -0.05) is 30.3 Å². The van der Waals surface area contributed by atoms with Gasteiger partial charge in [-0.15, -0.1) is 0 Å². The highest BCUT2D eigenvalue weighted by atomic mass is 32.2. The van der Waals surface area contributed by atoms with Crippen LogP contribution >= 0.6 is 0 Å². The van der Waals surface area contributed by atoms with E-state index in [2.05, 4.69) is 33.7 Å². The second-order valence-electron chi connectivity index (χ2n) is 4.78. The molecule has 0 atom stereocenters. The maximum absolute atomic E-state index is 11.2. The molecule has 1 aromatic carbocycles. The van der Waals surface area contributed by atoms with Gasteiger partial charge in [0, 0.05) is 13.1 Å². The maximum atomic E-state index is 11.2. The standard InChI is InChI=1S/C15H19N3O2S/c1-3-18(12-13-7-5-4-6-8-13)15-10-9-14(11-16-15)17-21(2,19)20/h4-11,17H,3,12H2,1-2H3. The molecule has 0 saturated carbocycles. The number of sulfonamides is 1. The summed E-state index contributed by atoms with van der Waals surface area (Å²) in [4.78, 5) is 6.45. The molecule has 1 heterocycles. The molecule has 0 saturated heterocycles. The van der Waals surface area contributed by atoms with E-state index in [1.165, 1.54) is 11.8 Å². The summed E-state index contributed by atoms with van der Waals surface area (Å²) in [5.74, 6) is 0.820. The Bertz CT molecular complexity index is 670. The van der Waals surface area contributed by atoms with E-state index in [0.717, 1.165) is 25.2 Å². The Morgan fingerprint density at radius 2 is 1.86 bits per heavy atom. The SMILES string of the molecule is CCN(Cc1ccccc1)c1ccc(NS(C)(=O)=O)cn1. The summed E-state index contributed by atoms with van der Waals surface area (Å²) in [6.07, 6.45) is 2.65. The lowest BCUT2D eigenvalue weighted by atomic mass is 10.2. The molecule has 0 amide bonds. The van der Waals surface area contributed by atoms with Crippen LogP contribution in [0.2, 0.25) is 0 Å². The fourth-order valence-corrected chi connectivity index (χ4v) is 2.56. The number of benzene rings is 1. The summed E-state index contributed by atoms with van der Waals surface area (Å²) < 4.78 is 24.7. The molecule has 6 heteroatoms. The van der Waals surface area contributed by atoms with Crippen molar-refractivity contribution in [2.75, 3.05) is 22.4 Å². The fraction of sp³-hybridized carbons (Fsp3) is 0.267. The number of hydrogen-bond acceptors (Lipinski definition) is 4. The van der Waals surface area contributed by atoms with E-state index >= 15 is 0 Å². The van der Waals surface area contributed by atoms with Crippen LogP contribution in [0.5, 0.6) is 0 Å². The van der Waals surface area contributed by atoms with E-state index in [1.807, 2.05) is 24.3 Å². The highest BCUT2D eigenvalue weighted by molar-refractivity contribution is 7.92. The molecule has 2 rings (SSSR count). The largest absolute Gasteiger partial charge is 0.353 e. The molecule has 0 radical (unpaired) electrons. The van der Waals surface area contributed by atoms with Crippen LogP contribution in [0.25, 0.3) is 0 Å². The lowest BCUT2D eigenvalue weighted by Crippen LogP contribution is -2.23. The molecule has 2 aromatic rings. The van der Waals surface area contributed by atoms with Crippen LogP contribution in [-0.4, -0.2) is 26.2 Å². The Hall–Kier alpha value is -2.08. The second-order valence-corrected chi connectivity index (χ2v) is 6.53. The number of anilines is 2. The van der Waals surface area contributed by atoms with Gasteiger partial charge in [-0.05, 0) is 24.6 Å². The average Bonchev–Trinajstić information content (AvgIpc) is 2.45. The van der Waals surface area contributed by atoms with Crippen LogP contribution in [0.3, 0.4) is 0 Å². The van der Waals surface area contributed by atoms with Crippen molar-refractivity contribution in [1.29, 1.82) is 0 Å². The third kappa shape index (κ3) is 4.75. The zero-order valence-electron chi connectivity index (χ0n) is 12.2. The predicted molar refractivity (Wildman–Crippen MR) is 85.9 cm³/mol. The van der Waals surface area contributed by atoms with E-state index in [4.69, 9.17) is 0 Å². The number of hydrogen-bond donors (Lipinski definition) is 1. The maximum Gasteiger partial charge on any atom is 0.229 e. The van der Waals surface area contributed by atoms with E-state index in [-0.39, 0.29) is 0 Å². The Kier molecular flexibility index (Phi) is 4.80. The summed E-state index contributed by atoms with van der Waals surface area (Å²) >= 11 is 0. The van der Waals surface area contributed by atoms with Crippen LogP contribution in [-0.2, 0) is 16.6 Å². The molecule has 1 N–H and O–H groups in total. The number of rotatable bonds is 6. The minimum absolute atomic E-state index is 0.469. The monoisotopic (exact) mass is 305 g/mol. The normalized spacial score (nSPS) is 11.1. The van der Waals surface area contributed by atoms with E-state index < -0.39 is 10.0 Å². The van der Waals surface area contributed by atoms with Crippen molar-refractivity contribution in [1.82, 2.24) is 4.98 Å². The van der Waals surface area contributed by atoms with Crippen LogP contribution in [0, 0.1) is 0 Å². The van der Waals surface area contributed by atoms with E-state index in [1.54, 1.807) is 6.07 Å². The minimum atomic E-state index is -3.27. The van der Waals surface area contributed by atoms with Gasteiger partial charge in [0.05, 0.1) is 18.1 Å². The zero-order valence-corrected chi connectivity index (χ0v) is 13.0. The van der Waals surface area contributed by atoms with Gasteiger partial charge in [-0.3, -0.25) is 4.72 Å². The summed E-state index contributed by atoms with van der Waals surface area (Å²) in [6.45, 7) is 3.65. The molecule has 1 aromatic heterocycles. The van der Waals surface area contributed by atoms with Crippen LogP contribution < -0.4 is 9.62 Å². The average molecular weight is 305 g/mol. The van der Waals surface area contributed by atoms with Crippen molar-refractivity contribution in [2.45, 2.75) is 13.5 Å². The Morgan fingerprint density at radius 3 is 2.38 bits per heavy atom. The Balaban J connectivity index is 2.12. The Labute approximate surface area is 125 Å². The summed E-state index contributed by atoms with van der Waals surface area (Å²) in [6, 6.07) is 13.7. The molecule has 21 heavy (non-hydrogen) atoms. The third-order valence-electron chi connectivity index (χ3n) is 2.97. The van der Waals surface area contributed by atoms with Gasteiger partial charge < -0.3 is 4.90 Å². The van der Waals surface area contributed by atoms with Crippen LogP contribution in [0.4, 0.5) is 11.5 Å². The van der Waals surface area contributed by atoms with Crippen molar-refractivity contribution < 1.29 is 8.42 Å². The molecular formula is C15H19N3O2S. The first-order valence-corrected chi connectivity index (χ1v) is 8.60. The zero-order chi connectivity index (χ0) is 15.3. The molecule has 5 nitrogen and oxygen atoms in total. The third-order valence-corrected chi connectivity index (χ3v) is 3.58. The summed E-state index contributed by atoms with van der Waals surface area (Å²) in [5.41, 5.74) is 1.68. The number of pyridine rings is 1. The van der Waals surface area contributed by atoms with Gasteiger partial charge in [-0.2, -0.15) is 0 Å². The van der Waals surface area contributed by atoms with Crippen molar-refractivity contribution in [3.8, 4) is 0 Å². The lowest BCUT2D eigenvalue weighted by Gasteiger charge is -2.22. The first kappa shape index (κ1) is 15.3. The van der Waals surface area contributed by atoms with Crippen molar-refractivity contribution in [2.24, 2.45) is 0 Å². The number of nitrogens with one attached hydrogen (secondary N) is 1. The smallest absolute Gasteiger partial charge is 0.229 e. The molecule has 0 spiro atoms. The second kappa shape index (κ2) is 6.58. The van der Waals surface area contributed by atoms with Gasteiger partial charge >= 0.3 is 0 Å². The summed E-state index contributed by atoms with van der Waals surface area (Å²) in [5, 5.41) is 0. The molecule has 0 aliphatic carbocycles. The molecule has 0 aliphatic rings. The summed E-state index contributed by atoms with van der Waals surface area (Å²) in [7, 11) is -3.27. The van der Waals surface area contributed by atoms with E-state index in [0.29, 0.717) is 5.69 Å². The highest BCUT2D eigenvalue weighted by Gasteiger charge is 2.08. The first-order valence-electron chi connectivity index (χ1n) is 6.70. The van der Waals surface area contributed by atoms with Gasteiger partial charge in [0.1, 0.15) is 5.82 Å². The quantitative estimate of drug-likeness (QED) is 0.890. The highest BCUT2D eigenvalue weighted by Crippen LogP contribution is 2.17. The minimum Gasteiger partial charge on any atom is -0.353 e. The number of aromatic nitrogens is 1. The molecule has 0 unspecified atom stereocenters. The number of nitrogens with zero attached hydrogens (tertiary/aromatic N) is 2. The Morgan fingerprint density at radius 1 is 1.14 bits per heavy atom. The van der Waals surface area contributed by atoms with Crippen molar-refractivity contribution >= 4 is 21.5 Å². The van der Waals surface area contributed by atoms with E-state index in [9.17, 15) is 8.42 Å². The van der Waals surface area contributed by atoms with Crippen LogP contribution in [0.15, 0.2) is 48.7 Å². The topological polar surface area (TPSA) is 62.3 Å². The van der Waals surface area contributed by atoms with Gasteiger partial charge in [0.15, 0.2) is 0 Å². The first-order chi connectivity index (χ1) is 9.98. The van der Waals surface area contributed by atoms with Gasteiger partial charge in [0.2, 0.25) is 10.0 Å². The molecule has 0 bridgehead atoms. The molecule has 0 fully saturated rings. The molecule has 112 valence electrons. The van der Waals surface area contributed by atoms with Crippen molar-refractivity contribution in [3.63, 3.8) is 0 Å². The van der Waals surface area contributed by atoms with Gasteiger partial charge in [0.25, 0.3) is 0 Å². The van der Waals surface area contributed by atoms with Crippen molar-refractivity contribution in [3.05, 3.63) is 54.2 Å². The van der Waals surface area contributed by atoms with Crippen LogP contribution in [0.1, 0.15) is 12.5 Å². The molecule has 0 aliphatic heterocycles. The predicted octanol–water partition coefficient (Wildman–Crippen LogP) is 2.48.